The highest BCUT2D eigenvalue weighted by atomic mass is 35.5. The fraction of sp³-hybridized carbons (Fsp3) is 0.417. The van der Waals surface area contributed by atoms with Gasteiger partial charge in [-0.3, -0.25) is 9.59 Å². The molecule has 1 saturated heterocycles. The Kier molecular flexibility index (Phi) is 6.28. The van der Waals surface area contributed by atoms with Crippen LogP contribution in [-0.4, -0.2) is 51.4 Å². The lowest BCUT2D eigenvalue weighted by Gasteiger charge is -2.30. The van der Waals surface area contributed by atoms with Gasteiger partial charge in [-0.1, -0.05) is 23.7 Å². The van der Waals surface area contributed by atoms with Crippen molar-refractivity contribution < 1.29 is 14.3 Å². The predicted molar refractivity (Wildman–Crippen MR) is 126 cm³/mol. The molecule has 0 spiro atoms. The summed E-state index contributed by atoms with van der Waals surface area (Å²) in [5, 5.41) is 7.72. The number of hydrogen-bond acceptors (Lipinski definition) is 6. The van der Waals surface area contributed by atoms with Crippen LogP contribution >= 0.6 is 11.6 Å². The number of aromatic nitrogens is 3. The Hall–Kier alpha value is -2.97. The number of carbonyl (C=O) groups excluding carboxylic acids is 2. The number of ketones is 1. The SMILES string of the molecule is O=C(c1ccccc1Cl)c1c[nH]c2ncnc(N[C@H]3CC[C@@H](NC(=O)[C@@H]4CCCO4)CC3)c12. The standard InChI is InChI=1S/C24H26ClN5O3/c25-18-5-2-1-4-16(18)21(31)17-12-26-22-20(17)23(28-13-27-22)29-14-7-9-15(10-8-14)30-24(32)19-6-3-11-33-19/h1-2,4-5,12-15,19H,3,6-11H2,(H,30,32)(H2,26,27,28,29)/t14-,15+,19-/m0/s1. The van der Waals surface area contributed by atoms with E-state index in [9.17, 15) is 9.59 Å². The molecule has 3 heterocycles. The Labute approximate surface area is 196 Å². The minimum absolute atomic E-state index is 0.0106. The van der Waals surface area contributed by atoms with Crippen molar-refractivity contribution in [2.24, 2.45) is 0 Å². The second-order valence-corrected chi connectivity index (χ2v) is 9.07. The quantitative estimate of drug-likeness (QED) is 0.475. The zero-order valence-electron chi connectivity index (χ0n) is 18.1. The van der Waals surface area contributed by atoms with Crippen molar-refractivity contribution in [3.05, 3.63) is 52.9 Å². The van der Waals surface area contributed by atoms with E-state index >= 15 is 0 Å². The van der Waals surface area contributed by atoms with Crippen LogP contribution in [0.3, 0.4) is 0 Å². The third kappa shape index (κ3) is 4.58. The molecule has 3 aromatic rings. The van der Waals surface area contributed by atoms with E-state index in [0.717, 1.165) is 38.5 Å². The number of nitrogens with one attached hydrogen (secondary N) is 3. The zero-order chi connectivity index (χ0) is 22.8. The van der Waals surface area contributed by atoms with Gasteiger partial charge >= 0.3 is 0 Å². The zero-order valence-corrected chi connectivity index (χ0v) is 18.9. The molecule has 5 rings (SSSR count). The van der Waals surface area contributed by atoms with E-state index in [2.05, 4.69) is 25.6 Å². The van der Waals surface area contributed by atoms with Crippen LogP contribution in [0.2, 0.25) is 5.02 Å². The molecule has 3 N–H and O–H groups in total. The summed E-state index contributed by atoms with van der Waals surface area (Å²) in [5.74, 6) is 0.463. The number of rotatable bonds is 6. The van der Waals surface area contributed by atoms with E-state index < -0.39 is 0 Å². The molecule has 8 nitrogen and oxygen atoms in total. The first-order valence-electron chi connectivity index (χ1n) is 11.4. The van der Waals surface area contributed by atoms with Crippen LogP contribution in [0.5, 0.6) is 0 Å². The Morgan fingerprint density at radius 1 is 1.03 bits per heavy atom. The lowest BCUT2D eigenvalue weighted by molar-refractivity contribution is -0.131. The molecule has 1 aromatic carbocycles. The van der Waals surface area contributed by atoms with Crippen LogP contribution in [-0.2, 0) is 9.53 Å². The fourth-order valence-corrected chi connectivity index (χ4v) is 4.92. The molecule has 1 amide bonds. The third-order valence-corrected chi connectivity index (χ3v) is 6.80. The Balaban J connectivity index is 1.28. The van der Waals surface area contributed by atoms with Crippen LogP contribution in [0.4, 0.5) is 5.82 Å². The van der Waals surface area contributed by atoms with E-state index in [1.165, 1.54) is 6.33 Å². The van der Waals surface area contributed by atoms with Crippen molar-refractivity contribution in [1.82, 2.24) is 20.3 Å². The Morgan fingerprint density at radius 3 is 2.58 bits per heavy atom. The van der Waals surface area contributed by atoms with Crippen molar-refractivity contribution in [1.29, 1.82) is 0 Å². The number of anilines is 1. The van der Waals surface area contributed by atoms with E-state index in [1.54, 1.807) is 30.5 Å². The first kappa shape index (κ1) is 21.9. The van der Waals surface area contributed by atoms with Gasteiger partial charge in [-0.25, -0.2) is 9.97 Å². The van der Waals surface area contributed by atoms with Gasteiger partial charge in [0.15, 0.2) is 5.78 Å². The van der Waals surface area contributed by atoms with Crippen molar-refractivity contribution in [2.45, 2.75) is 56.7 Å². The van der Waals surface area contributed by atoms with Gasteiger partial charge in [0, 0.05) is 30.5 Å². The number of carbonyl (C=O) groups is 2. The van der Waals surface area contributed by atoms with Crippen molar-refractivity contribution >= 4 is 40.1 Å². The van der Waals surface area contributed by atoms with Gasteiger partial charge in [-0.05, 0) is 50.7 Å². The summed E-state index contributed by atoms with van der Waals surface area (Å²) in [6, 6.07) is 7.36. The number of ether oxygens (including phenoxy) is 1. The molecular weight excluding hydrogens is 442 g/mol. The van der Waals surface area contributed by atoms with E-state index in [1.807, 2.05) is 0 Å². The molecule has 0 radical (unpaired) electrons. The molecule has 33 heavy (non-hydrogen) atoms. The molecule has 1 saturated carbocycles. The average molecular weight is 468 g/mol. The number of H-pyrrole nitrogens is 1. The second-order valence-electron chi connectivity index (χ2n) is 8.66. The number of fused-ring (bicyclic) bond motifs is 1. The van der Waals surface area contributed by atoms with Crippen LogP contribution in [0.25, 0.3) is 11.0 Å². The second kappa shape index (κ2) is 9.49. The summed E-state index contributed by atoms with van der Waals surface area (Å²) in [6.07, 6.45) is 8.14. The van der Waals surface area contributed by atoms with Crippen molar-refractivity contribution in [3.63, 3.8) is 0 Å². The number of amides is 1. The molecule has 1 aliphatic heterocycles. The van der Waals surface area contributed by atoms with Gasteiger partial charge in [0.25, 0.3) is 0 Å². The van der Waals surface area contributed by atoms with Crippen LogP contribution in [0.15, 0.2) is 36.8 Å². The van der Waals surface area contributed by atoms with Gasteiger partial charge in [0.05, 0.1) is 16.0 Å². The molecule has 1 atom stereocenters. The van der Waals surface area contributed by atoms with Gasteiger partial charge in [-0.2, -0.15) is 0 Å². The van der Waals surface area contributed by atoms with Crippen LogP contribution in [0, 0.1) is 0 Å². The lowest BCUT2D eigenvalue weighted by Crippen LogP contribution is -2.44. The highest BCUT2D eigenvalue weighted by molar-refractivity contribution is 6.35. The number of halogens is 1. The minimum Gasteiger partial charge on any atom is -0.368 e. The summed E-state index contributed by atoms with van der Waals surface area (Å²) in [5.41, 5.74) is 1.52. The van der Waals surface area contributed by atoms with E-state index in [0.29, 0.717) is 39.6 Å². The molecule has 172 valence electrons. The molecular formula is C24H26ClN5O3. The van der Waals surface area contributed by atoms with Gasteiger partial charge in [0.1, 0.15) is 23.9 Å². The maximum absolute atomic E-state index is 13.2. The summed E-state index contributed by atoms with van der Waals surface area (Å²) < 4.78 is 5.48. The number of hydrogen-bond donors (Lipinski definition) is 3. The molecule has 2 fully saturated rings. The van der Waals surface area contributed by atoms with Gasteiger partial charge in [0.2, 0.25) is 5.91 Å². The minimum atomic E-state index is -0.294. The summed E-state index contributed by atoms with van der Waals surface area (Å²) in [4.78, 5) is 37.3. The molecule has 9 heteroatoms. The molecule has 2 aliphatic rings. The highest BCUT2D eigenvalue weighted by Crippen LogP contribution is 2.30. The normalized spacial score (nSPS) is 22.9. The number of aromatic amines is 1. The van der Waals surface area contributed by atoms with Crippen molar-refractivity contribution in [2.75, 3.05) is 11.9 Å². The lowest BCUT2D eigenvalue weighted by atomic mass is 9.91. The number of nitrogens with zero attached hydrogens (tertiary/aromatic N) is 2. The number of benzene rings is 1. The van der Waals surface area contributed by atoms with Crippen molar-refractivity contribution in [3.8, 4) is 0 Å². The first-order chi connectivity index (χ1) is 16.1. The van der Waals surface area contributed by atoms with Crippen LogP contribution in [0.1, 0.15) is 54.4 Å². The van der Waals surface area contributed by atoms with E-state index in [4.69, 9.17) is 16.3 Å². The molecule has 0 unspecified atom stereocenters. The monoisotopic (exact) mass is 467 g/mol. The maximum Gasteiger partial charge on any atom is 0.249 e. The first-order valence-corrected chi connectivity index (χ1v) is 11.8. The van der Waals surface area contributed by atoms with Gasteiger partial charge < -0.3 is 20.4 Å². The molecule has 1 aliphatic carbocycles. The van der Waals surface area contributed by atoms with E-state index in [-0.39, 0.29) is 29.9 Å². The summed E-state index contributed by atoms with van der Waals surface area (Å²) in [7, 11) is 0. The largest absolute Gasteiger partial charge is 0.368 e. The summed E-state index contributed by atoms with van der Waals surface area (Å²) in [6.45, 7) is 0.669. The maximum atomic E-state index is 13.2. The third-order valence-electron chi connectivity index (χ3n) is 6.47. The highest BCUT2D eigenvalue weighted by Gasteiger charge is 2.29. The topological polar surface area (TPSA) is 109 Å². The van der Waals surface area contributed by atoms with Gasteiger partial charge in [-0.15, -0.1) is 0 Å². The predicted octanol–water partition coefficient (Wildman–Crippen LogP) is 3.86. The molecule has 0 bridgehead atoms. The molecule has 2 aromatic heterocycles. The Morgan fingerprint density at radius 2 is 1.82 bits per heavy atom. The summed E-state index contributed by atoms with van der Waals surface area (Å²) >= 11 is 6.26. The fourth-order valence-electron chi connectivity index (χ4n) is 4.70. The Bertz CT molecular complexity index is 1170. The van der Waals surface area contributed by atoms with Crippen LogP contribution < -0.4 is 10.6 Å². The average Bonchev–Trinajstić information content (AvgIpc) is 3.51. The smallest absolute Gasteiger partial charge is 0.249 e.